The lowest BCUT2D eigenvalue weighted by atomic mass is 10.1. The Balaban J connectivity index is 2.03. The van der Waals surface area contributed by atoms with Gasteiger partial charge in [-0.05, 0) is 29.8 Å². The van der Waals surface area contributed by atoms with Gasteiger partial charge in [-0.25, -0.2) is 0 Å². The number of hydrogen-bond donors (Lipinski definition) is 2. The van der Waals surface area contributed by atoms with Crippen molar-refractivity contribution in [3.05, 3.63) is 54.0 Å². The van der Waals surface area contributed by atoms with Gasteiger partial charge in [0.15, 0.2) is 0 Å². The Hall–Kier alpha value is -2.36. The molecule has 84 valence electrons. The van der Waals surface area contributed by atoms with Crippen LogP contribution in [0.1, 0.15) is 11.3 Å². The Morgan fingerprint density at radius 2 is 2.18 bits per heavy atom. The highest BCUT2D eigenvalue weighted by molar-refractivity contribution is 5.84. The zero-order valence-electron chi connectivity index (χ0n) is 9.22. The van der Waals surface area contributed by atoms with Gasteiger partial charge in [0.25, 0.3) is 0 Å². The SMILES string of the molecule is Nc1ccc2[nH]nc(Cc3cccnc3)c2c1. The molecule has 2 aromatic heterocycles. The average molecular weight is 224 g/mol. The van der Waals surface area contributed by atoms with Crippen LogP contribution in [0.15, 0.2) is 42.7 Å². The van der Waals surface area contributed by atoms with Crippen LogP contribution in [-0.4, -0.2) is 15.2 Å². The topological polar surface area (TPSA) is 67.6 Å². The molecule has 0 fully saturated rings. The van der Waals surface area contributed by atoms with Gasteiger partial charge in [0.2, 0.25) is 0 Å². The monoisotopic (exact) mass is 224 g/mol. The minimum atomic E-state index is 0.756. The fourth-order valence-corrected chi connectivity index (χ4v) is 1.92. The number of hydrogen-bond acceptors (Lipinski definition) is 3. The number of aromatic nitrogens is 3. The Labute approximate surface area is 98.5 Å². The zero-order chi connectivity index (χ0) is 11.7. The van der Waals surface area contributed by atoms with E-state index in [9.17, 15) is 0 Å². The molecule has 1 aromatic carbocycles. The van der Waals surface area contributed by atoms with Gasteiger partial charge in [-0.15, -0.1) is 0 Å². The second kappa shape index (κ2) is 3.90. The first kappa shape index (κ1) is 9.84. The Morgan fingerprint density at radius 1 is 1.24 bits per heavy atom. The highest BCUT2D eigenvalue weighted by Crippen LogP contribution is 2.20. The van der Waals surface area contributed by atoms with Crippen molar-refractivity contribution in [1.29, 1.82) is 0 Å². The van der Waals surface area contributed by atoms with Crippen molar-refractivity contribution in [2.24, 2.45) is 0 Å². The highest BCUT2D eigenvalue weighted by Gasteiger charge is 2.06. The molecular formula is C13H12N4. The summed E-state index contributed by atoms with van der Waals surface area (Å²) in [5.74, 6) is 0. The summed E-state index contributed by atoms with van der Waals surface area (Å²) < 4.78 is 0. The summed E-state index contributed by atoms with van der Waals surface area (Å²) in [5, 5.41) is 8.41. The highest BCUT2D eigenvalue weighted by atomic mass is 15.1. The predicted molar refractivity (Wildman–Crippen MR) is 67.5 cm³/mol. The molecule has 3 aromatic rings. The molecule has 0 aliphatic rings. The van der Waals surface area contributed by atoms with E-state index in [0.29, 0.717) is 0 Å². The molecule has 0 saturated carbocycles. The van der Waals surface area contributed by atoms with Crippen LogP contribution in [0.25, 0.3) is 10.9 Å². The molecule has 0 amide bonds. The molecule has 3 N–H and O–H groups in total. The molecule has 0 unspecified atom stereocenters. The van der Waals surface area contributed by atoms with Crippen molar-refractivity contribution >= 4 is 16.6 Å². The van der Waals surface area contributed by atoms with E-state index in [4.69, 9.17) is 5.73 Å². The fourth-order valence-electron chi connectivity index (χ4n) is 1.92. The molecule has 17 heavy (non-hydrogen) atoms. The molecule has 0 atom stereocenters. The molecule has 0 aliphatic carbocycles. The van der Waals surface area contributed by atoms with Gasteiger partial charge >= 0.3 is 0 Å². The number of nitrogens with two attached hydrogens (primary N) is 1. The third-order valence-electron chi connectivity index (χ3n) is 2.76. The van der Waals surface area contributed by atoms with E-state index in [-0.39, 0.29) is 0 Å². The summed E-state index contributed by atoms with van der Waals surface area (Å²) in [6.07, 6.45) is 4.38. The van der Waals surface area contributed by atoms with E-state index in [0.717, 1.165) is 34.3 Å². The Bertz CT molecular complexity index is 643. The number of nitrogen functional groups attached to an aromatic ring is 1. The number of anilines is 1. The smallest absolute Gasteiger partial charge is 0.0745 e. The summed E-state index contributed by atoms with van der Waals surface area (Å²) >= 11 is 0. The van der Waals surface area contributed by atoms with E-state index in [1.165, 1.54) is 0 Å². The van der Waals surface area contributed by atoms with Gasteiger partial charge in [0.05, 0.1) is 11.2 Å². The number of aromatic amines is 1. The number of nitrogens with one attached hydrogen (secondary N) is 1. The predicted octanol–water partition coefficient (Wildman–Crippen LogP) is 2.13. The fraction of sp³-hybridized carbons (Fsp3) is 0.0769. The maximum atomic E-state index is 5.79. The molecule has 0 aliphatic heterocycles. The second-order valence-electron chi connectivity index (χ2n) is 4.01. The summed E-state index contributed by atoms with van der Waals surface area (Å²) in [6, 6.07) is 9.74. The lowest BCUT2D eigenvalue weighted by Gasteiger charge is -1.98. The van der Waals surface area contributed by atoms with Crippen LogP contribution in [0.4, 0.5) is 5.69 Å². The van der Waals surface area contributed by atoms with Crippen molar-refractivity contribution in [1.82, 2.24) is 15.2 Å². The number of rotatable bonds is 2. The van der Waals surface area contributed by atoms with Crippen LogP contribution in [0, 0.1) is 0 Å². The van der Waals surface area contributed by atoms with Crippen LogP contribution >= 0.6 is 0 Å². The maximum Gasteiger partial charge on any atom is 0.0745 e. The van der Waals surface area contributed by atoms with E-state index in [1.807, 2.05) is 36.5 Å². The quantitative estimate of drug-likeness (QED) is 0.655. The van der Waals surface area contributed by atoms with Crippen molar-refractivity contribution < 1.29 is 0 Å². The first-order valence-electron chi connectivity index (χ1n) is 5.44. The first-order chi connectivity index (χ1) is 8.33. The number of nitrogens with zero attached hydrogens (tertiary/aromatic N) is 2. The molecule has 0 bridgehead atoms. The van der Waals surface area contributed by atoms with Gasteiger partial charge in [-0.2, -0.15) is 5.10 Å². The average Bonchev–Trinajstić information content (AvgIpc) is 2.73. The summed E-state index contributed by atoms with van der Waals surface area (Å²) in [6.45, 7) is 0. The van der Waals surface area contributed by atoms with Crippen LogP contribution < -0.4 is 5.73 Å². The molecule has 0 radical (unpaired) electrons. The zero-order valence-corrected chi connectivity index (χ0v) is 9.22. The minimum absolute atomic E-state index is 0.756. The molecule has 0 saturated heterocycles. The van der Waals surface area contributed by atoms with E-state index >= 15 is 0 Å². The van der Waals surface area contributed by atoms with Gasteiger partial charge in [0.1, 0.15) is 0 Å². The summed E-state index contributed by atoms with van der Waals surface area (Å²) in [7, 11) is 0. The number of benzene rings is 1. The van der Waals surface area contributed by atoms with Gasteiger partial charge < -0.3 is 5.73 Å². The third kappa shape index (κ3) is 1.85. The van der Waals surface area contributed by atoms with Crippen molar-refractivity contribution in [3.8, 4) is 0 Å². The number of fused-ring (bicyclic) bond motifs is 1. The van der Waals surface area contributed by atoms with Crippen LogP contribution in [0.3, 0.4) is 0 Å². The van der Waals surface area contributed by atoms with Crippen LogP contribution in [-0.2, 0) is 6.42 Å². The van der Waals surface area contributed by atoms with Crippen molar-refractivity contribution in [2.45, 2.75) is 6.42 Å². The largest absolute Gasteiger partial charge is 0.399 e. The third-order valence-corrected chi connectivity index (χ3v) is 2.76. The standard InChI is InChI=1S/C13H12N4/c14-10-3-4-12-11(7-10)13(17-16-12)6-9-2-1-5-15-8-9/h1-5,7-8H,6,14H2,(H,16,17). The van der Waals surface area contributed by atoms with E-state index in [1.54, 1.807) is 6.20 Å². The molecule has 4 heteroatoms. The molecule has 2 heterocycles. The van der Waals surface area contributed by atoms with Crippen molar-refractivity contribution in [3.63, 3.8) is 0 Å². The van der Waals surface area contributed by atoms with E-state index < -0.39 is 0 Å². The summed E-state index contributed by atoms with van der Waals surface area (Å²) in [5.41, 5.74) is 9.70. The van der Waals surface area contributed by atoms with Crippen LogP contribution in [0.2, 0.25) is 0 Å². The molecule has 4 nitrogen and oxygen atoms in total. The van der Waals surface area contributed by atoms with Crippen LogP contribution in [0.5, 0.6) is 0 Å². The van der Waals surface area contributed by atoms with Gasteiger partial charge in [-0.3, -0.25) is 10.1 Å². The summed E-state index contributed by atoms with van der Waals surface area (Å²) in [4.78, 5) is 4.10. The van der Waals surface area contributed by atoms with Gasteiger partial charge in [0, 0.05) is 29.9 Å². The van der Waals surface area contributed by atoms with Crippen molar-refractivity contribution in [2.75, 3.05) is 5.73 Å². The Kier molecular flexibility index (Phi) is 2.26. The lowest BCUT2D eigenvalue weighted by Crippen LogP contribution is -1.90. The normalized spacial score (nSPS) is 10.8. The maximum absolute atomic E-state index is 5.79. The second-order valence-corrected chi connectivity index (χ2v) is 4.01. The number of H-pyrrole nitrogens is 1. The van der Waals surface area contributed by atoms with E-state index in [2.05, 4.69) is 15.2 Å². The molecule has 3 rings (SSSR count). The molecular weight excluding hydrogens is 212 g/mol. The lowest BCUT2D eigenvalue weighted by molar-refractivity contribution is 1.00. The van der Waals surface area contributed by atoms with Gasteiger partial charge in [-0.1, -0.05) is 6.07 Å². The molecule has 0 spiro atoms. The minimum Gasteiger partial charge on any atom is -0.399 e. The Morgan fingerprint density at radius 3 is 3.00 bits per heavy atom. The first-order valence-corrected chi connectivity index (χ1v) is 5.44. The number of pyridine rings is 1.